The number of aromatic nitrogens is 2. The van der Waals surface area contributed by atoms with E-state index >= 15 is 0 Å². The van der Waals surface area contributed by atoms with Crippen LogP contribution >= 0.6 is 0 Å². The monoisotopic (exact) mass is 264 g/mol. The van der Waals surface area contributed by atoms with Gasteiger partial charge in [-0.05, 0) is 33.8 Å². The van der Waals surface area contributed by atoms with Crippen molar-refractivity contribution >= 4 is 5.91 Å². The van der Waals surface area contributed by atoms with Gasteiger partial charge in [0.25, 0.3) is 0 Å². The summed E-state index contributed by atoms with van der Waals surface area (Å²) in [5.41, 5.74) is 2.12. The summed E-state index contributed by atoms with van der Waals surface area (Å²) in [6.07, 6.45) is 0.520. The number of amides is 1. The number of carbonyl (C=O) groups is 1. The van der Waals surface area contributed by atoms with E-state index in [1.54, 1.807) is 0 Å². The van der Waals surface area contributed by atoms with Crippen molar-refractivity contribution in [1.29, 1.82) is 0 Å². The molecule has 1 amide bonds. The lowest BCUT2D eigenvalue weighted by Gasteiger charge is -2.34. The van der Waals surface area contributed by atoms with Crippen LogP contribution in [0.4, 0.5) is 0 Å². The molecule has 5 heteroatoms. The molecular weight excluding hydrogens is 240 g/mol. The highest BCUT2D eigenvalue weighted by molar-refractivity contribution is 5.77. The Morgan fingerprint density at radius 1 is 1.58 bits per heavy atom. The minimum absolute atomic E-state index is 0.114. The average Bonchev–Trinajstić information content (AvgIpc) is 2.69. The second kappa shape index (κ2) is 5.74. The largest absolute Gasteiger partial charge is 0.337 e. The van der Waals surface area contributed by atoms with Crippen LogP contribution in [-0.4, -0.2) is 46.3 Å². The molecule has 1 aromatic rings. The quantitative estimate of drug-likeness (QED) is 0.894. The molecule has 0 saturated carbocycles. The molecule has 2 rings (SSSR count). The maximum Gasteiger partial charge on any atom is 0.225 e. The molecule has 2 heterocycles. The van der Waals surface area contributed by atoms with Gasteiger partial charge in [-0.15, -0.1) is 0 Å². The minimum Gasteiger partial charge on any atom is -0.337 e. The van der Waals surface area contributed by atoms with Gasteiger partial charge in [0.15, 0.2) is 0 Å². The van der Waals surface area contributed by atoms with Crippen molar-refractivity contribution in [2.45, 2.75) is 46.2 Å². The van der Waals surface area contributed by atoms with Crippen molar-refractivity contribution in [1.82, 2.24) is 20.0 Å². The molecule has 0 aliphatic carbocycles. The molecule has 1 fully saturated rings. The van der Waals surface area contributed by atoms with Crippen molar-refractivity contribution in [3.8, 4) is 0 Å². The van der Waals surface area contributed by atoms with E-state index in [2.05, 4.69) is 30.3 Å². The zero-order valence-corrected chi connectivity index (χ0v) is 12.3. The van der Waals surface area contributed by atoms with Crippen molar-refractivity contribution in [3.05, 3.63) is 17.5 Å². The molecule has 2 atom stereocenters. The third-order valence-corrected chi connectivity index (χ3v) is 3.75. The molecule has 5 nitrogen and oxygen atoms in total. The highest BCUT2D eigenvalue weighted by atomic mass is 16.2. The van der Waals surface area contributed by atoms with Gasteiger partial charge < -0.3 is 10.2 Å². The van der Waals surface area contributed by atoms with Crippen LogP contribution in [0, 0.1) is 13.8 Å². The summed E-state index contributed by atoms with van der Waals surface area (Å²) in [5, 5.41) is 7.77. The molecule has 1 aliphatic heterocycles. The molecule has 1 aromatic heterocycles. The van der Waals surface area contributed by atoms with Gasteiger partial charge in [0.1, 0.15) is 0 Å². The van der Waals surface area contributed by atoms with E-state index in [9.17, 15) is 4.79 Å². The summed E-state index contributed by atoms with van der Waals surface area (Å²) < 4.78 is 1.96. The van der Waals surface area contributed by atoms with E-state index in [0.717, 1.165) is 31.0 Å². The maximum atomic E-state index is 12.4. The van der Waals surface area contributed by atoms with Gasteiger partial charge in [-0.3, -0.25) is 9.48 Å². The van der Waals surface area contributed by atoms with Gasteiger partial charge in [-0.2, -0.15) is 5.10 Å². The van der Waals surface area contributed by atoms with Crippen LogP contribution in [0.1, 0.15) is 37.7 Å². The minimum atomic E-state index is 0.114. The van der Waals surface area contributed by atoms with Gasteiger partial charge in [0.2, 0.25) is 5.91 Å². The Hall–Kier alpha value is -1.36. The third-order valence-electron chi connectivity index (χ3n) is 3.75. The van der Waals surface area contributed by atoms with Gasteiger partial charge >= 0.3 is 0 Å². The van der Waals surface area contributed by atoms with E-state index in [0.29, 0.717) is 6.42 Å². The first-order valence-corrected chi connectivity index (χ1v) is 7.02. The highest BCUT2D eigenvalue weighted by Gasteiger charge is 2.25. The molecule has 0 aromatic carbocycles. The number of carbonyl (C=O) groups excluding carboxylic acids is 1. The van der Waals surface area contributed by atoms with Gasteiger partial charge in [-0.1, -0.05) is 0 Å². The number of hydrogen-bond donors (Lipinski definition) is 1. The SMILES string of the molecule is Cc1cc(C)n(C(C)CC(=O)N2CCNC[C@H]2C)n1. The van der Waals surface area contributed by atoms with Crippen molar-refractivity contribution in [2.24, 2.45) is 0 Å². The molecule has 1 N–H and O–H groups in total. The zero-order chi connectivity index (χ0) is 14.0. The number of nitrogens with zero attached hydrogens (tertiary/aromatic N) is 3. The Labute approximate surface area is 115 Å². The van der Waals surface area contributed by atoms with E-state index in [-0.39, 0.29) is 18.0 Å². The van der Waals surface area contributed by atoms with Crippen LogP contribution in [0.15, 0.2) is 6.07 Å². The second-order valence-electron chi connectivity index (χ2n) is 5.57. The number of nitrogens with one attached hydrogen (secondary N) is 1. The predicted octanol–water partition coefficient (Wildman–Crippen LogP) is 1.27. The van der Waals surface area contributed by atoms with E-state index in [1.165, 1.54) is 0 Å². The summed E-state index contributed by atoms with van der Waals surface area (Å²) in [6, 6.07) is 2.45. The summed E-state index contributed by atoms with van der Waals surface area (Å²) in [5.74, 6) is 0.231. The topological polar surface area (TPSA) is 50.2 Å². The normalized spacial score (nSPS) is 21.5. The molecule has 0 spiro atoms. The summed E-state index contributed by atoms with van der Waals surface area (Å²) >= 11 is 0. The summed E-state index contributed by atoms with van der Waals surface area (Å²) in [6.45, 7) is 10.8. The Kier molecular flexibility index (Phi) is 4.24. The molecule has 1 unspecified atom stereocenters. The van der Waals surface area contributed by atoms with E-state index < -0.39 is 0 Å². The third kappa shape index (κ3) is 3.15. The molecule has 1 saturated heterocycles. The average molecular weight is 264 g/mol. The smallest absolute Gasteiger partial charge is 0.225 e. The Morgan fingerprint density at radius 3 is 2.89 bits per heavy atom. The van der Waals surface area contributed by atoms with E-state index in [1.807, 2.05) is 23.4 Å². The first-order chi connectivity index (χ1) is 8.99. The van der Waals surface area contributed by atoms with E-state index in [4.69, 9.17) is 0 Å². The fourth-order valence-corrected chi connectivity index (χ4v) is 2.76. The van der Waals surface area contributed by atoms with Crippen LogP contribution in [0.3, 0.4) is 0 Å². The summed E-state index contributed by atoms with van der Waals surface area (Å²) in [7, 11) is 0. The van der Waals surface area contributed by atoms with Crippen LogP contribution in [0.25, 0.3) is 0 Å². The molecule has 106 valence electrons. The van der Waals surface area contributed by atoms with Gasteiger partial charge in [0, 0.05) is 37.8 Å². The highest BCUT2D eigenvalue weighted by Crippen LogP contribution is 2.17. The fourth-order valence-electron chi connectivity index (χ4n) is 2.76. The van der Waals surface area contributed by atoms with Gasteiger partial charge in [0.05, 0.1) is 11.7 Å². The van der Waals surface area contributed by atoms with Crippen molar-refractivity contribution in [2.75, 3.05) is 19.6 Å². The van der Waals surface area contributed by atoms with Crippen molar-refractivity contribution < 1.29 is 4.79 Å². The maximum absolute atomic E-state index is 12.4. The molecule has 0 radical (unpaired) electrons. The number of piperazine rings is 1. The summed E-state index contributed by atoms with van der Waals surface area (Å²) in [4.78, 5) is 14.4. The molecule has 1 aliphatic rings. The fraction of sp³-hybridized carbons (Fsp3) is 0.714. The Bertz CT molecular complexity index is 454. The van der Waals surface area contributed by atoms with Gasteiger partial charge in [-0.25, -0.2) is 0 Å². The van der Waals surface area contributed by atoms with Crippen LogP contribution in [0.5, 0.6) is 0 Å². The lowest BCUT2D eigenvalue weighted by atomic mass is 10.1. The first-order valence-electron chi connectivity index (χ1n) is 7.02. The molecule has 0 bridgehead atoms. The van der Waals surface area contributed by atoms with Crippen LogP contribution in [0.2, 0.25) is 0 Å². The number of hydrogen-bond acceptors (Lipinski definition) is 3. The predicted molar refractivity (Wildman–Crippen MR) is 75.1 cm³/mol. The number of rotatable bonds is 3. The standard InChI is InChI=1S/C14H24N4O/c1-10-7-11(2)18(16-10)12(3)8-14(19)17-6-5-15-9-13(17)4/h7,12-13,15H,5-6,8-9H2,1-4H3/t12?,13-/m1/s1. The Balaban J connectivity index is 2.00. The number of aryl methyl sites for hydroxylation is 2. The Morgan fingerprint density at radius 2 is 2.32 bits per heavy atom. The second-order valence-corrected chi connectivity index (χ2v) is 5.57. The zero-order valence-electron chi connectivity index (χ0n) is 12.3. The van der Waals surface area contributed by atoms with Crippen LogP contribution in [-0.2, 0) is 4.79 Å². The molecule has 19 heavy (non-hydrogen) atoms. The lowest BCUT2D eigenvalue weighted by Crippen LogP contribution is -2.52. The first kappa shape index (κ1) is 14.1. The van der Waals surface area contributed by atoms with Crippen LogP contribution < -0.4 is 5.32 Å². The molecular formula is C14H24N4O. The lowest BCUT2D eigenvalue weighted by molar-refractivity contribution is -0.134. The van der Waals surface area contributed by atoms with Crippen molar-refractivity contribution in [3.63, 3.8) is 0 Å².